The van der Waals surface area contributed by atoms with Crippen LogP contribution in [0.2, 0.25) is 0 Å². The van der Waals surface area contributed by atoms with E-state index >= 15 is 0 Å². The first-order valence-electron chi connectivity index (χ1n) is 11.5. The maximum atomic E-state index is 12.6. The molecule has 0 saturated heterocycles. The number of hydrogen-bond acceptors (Lipinski definition) is 5. The molecule has 0 fully saturated rings. The molecule has 0 saturated carbocycles. The average molecular weight is 445 g/mol. The summed E-state index contributed by atoms with van der Waals surface area (Å²) < 4.78 is 0. The molecular formula is C27H32N4O2. The van der Waals surface area contributed by atoms with Crippen molar-refractivity contribution in [2.45, 2.75) is 50.8 Å². The number of nitrogens with two attached hydrogens (primary N) is 1. The maximum absolute atomic E-state index is 12.6. The molecule has 2 aromatic carbocycles. The number of carbonyl (C=O) groups excluding carboxylic acids is 1. The molecule has 2 atom stereocenters. The van der Waals surface area contributed by atoms with Gasteiger partial charge in [0.2, 0.25) is 5.91 Å². The first-order chi connectivity index (χ1) is 16.0. The van der Waals surface area contributed by atoms with Crippen LogP contribution in [0.25, 0.3) is 0 Å². The molecule has 0 bridgehead atoms. The van der Waals surface area contributed by atoms with Crippen molar-refractivity contribution in [1.29, 1.82) is 0 Å². The van der Waals surface area contributed by atoms with Crippen LogP contribution in [0.15, 0.2) is 66.9 Å². The van der Waals surface area contributed by atoms with Crippen molar-refractivity contribution in [3.8, 4) is 0 Å². The molecule has 3 aromatic rings. The quantitative estimate of drug-likeness (QED) is 0.407. The molecule has 0 spiro atoms. The molecule has 0 aliphatic heterocycles. The molecular weight excluding hydrogens is 412 g/mol. The SMILES string of the molecule is C[C@H](Cc1cccc(CC(=O)NC2Cc3ccccc3C2)c1)NC[C@H](O)c1ccc(N)nc1. The molecule has 4 rings (SSSR count). The summed E-state index contributed by atoms with van der Waals surface area (Å²) in [4.78, 5) is 16.7. The second kappa shape index (κ2) is 10.6. The van der Waals surface area contributed by atoms with Gasteiger partial charge in [-0.2, -0.15) is 0 Å². The number of hydrogen-bond donors (Lipinski definition) is 4. The number of aromatic nitrogens is 1. The van der Waals surface area contributed by atoms with Crippen LogP contribution in [0.3, 0.4) is 0 Å². The van der Waals surface area contributed by atoms with Crippen molar-refractivity contribution < 1.29 is 9.90 Å². The van der Waals surface area contributed by atoms with E-state index in [9.17, 15) is 9.90 Å². The van der Waals surface area contributed by atoms with E-state index in [2.05, 4.69) is 58.9 Å². The van der Waals surface area contributed by atoms with Gasteiger partial charge in [0.15, 0.2) is 0 Å². The van der Waals surface area contributed by atoms with E-state index in [1.54, 1.807) is 18.3 Å². The Kier molecular flexibility index (Phi) is 7.37. The van der Waals surface area contributed by atoms with Gasteiger partial charge in [-0.25, -0.2) is 4.98 Å². The van der Waals surface area contributed by atoms with E-state index in [-0.39, 0.29) is 18.0 Å². The zero-order valence-electron chi connectivity index (χ0n) is 19.0. The highest BCUT2D eigenvalue weighted by Crippen LogP contribution is 2.21. The van der Waals surface area contributed by atoms with E-state index in [1.165, 1.54) is 11.1 Å². The van der Waals surface area contributed by atoms with Crippen LogP contribution in [0, 0.1) is 0 Å². The first kappa shape index (κ1) is 23.0. The van der Waals surface area contributed by atoms with E-state index in [4.69, 9.17) is 5.73 Å². The summed E-state index contributed by atoms with van der Waals surface area (Å²) in [6, 6.07) is 20.4. The highest BCUT2D eigenvalue weighted by Gasteiger charge is 2.22. The molecule has 1 aromatic heterocycles. The van der Waals surface area contributed by atoms with E-state index in [1.807, 2.05) is 12.1 Å². The minimum Gasteiger partial charge on any atom is -0.387 e. The van der Waals surface area contributed by atoms with Crippen molar-refractivity contribution in [3.05, 3.63) is 94.7 Å². The average Bonchev–Trinajstić information content (AvgIpc) is 3.20. The van der Waals surface area contributed by atoms with Gasteiger partial charge in [0, 0.05) is 30.4 Å². The summed E-state index contributed by atoms with van der Waals surface area (Å²) in [6.07, 6.45) is 3.96. The third-order valence-corrected chi connectivity index (χ3v) is 6.17. The van der Waals surface area contributed by atoms with Crippen molar-refractivity contribution >= 4 is 11.7 Å². The largest absolute Gasteiger partial charge is 0.387 e. The molecule has 0 radical (unpaired) electrons. The zero-order valence-corrected chi connectivity index (χ0v) is 19.0. The van der Waals surface area contributed by atoms with Gasteiger partial charge in [-0.1, -0.05) is 54.6 Å². The van der Waals surface area contributed by atoms with Crippen molar-refractivity contribution in [2.24, 2.45) is 0 Å². The number of amides is 1. The predicted octanol–water partition coefficient (Wildman–Crippen LogP) is 2.74. The van der Waals surface area contributed by atoms with Gasteiger partial charge in [-0.15, -0.1) is 0 Å². The lowest BCUT2D eigenvalue weighted by Crippen LogP contribution is -2.36. The second-order valence-corrected chi connectivity index (χ2v) is 8.98. The molecule has 5 N–H and O–H groups in total. The summed E-state index contributed by atoms with van der Waals surface area (Å²) in [6.45, 7) is 2.52. The highest BCUT2D eigenvalue weighted by molar-refractivity contribution is 5.79. The lowest BCUT2D eigenvalue weighted by Gasteiger charge is -2.18. The number of rotatable bonds is 9. The Balaban J connectivity index is 1.24. The van der Waals surface area contributed by atoms with Gasteiger partial charge in [-0.3, -0.25) is 4.79 Å². The lowest BCUT2D eigenvalue weighted by atomic mass is 10.0. The van der Waals surface area contributed by atoms with Crippen LogP contribution in [0.4, 0.5) is 5.82 Å². The summed E-state index contributed by atoms with van der Waals surface area (Å²) >= 11 is 0. The zero-order chi connectivity index (χ0) is 23.2. The standard InChI is InChI=1S/C27H32N4O2/c1-18(29-17-25(32)23-9-10-26(28)30-16-23)11-19-5-4-6-20(12-19)13-27(33)31-24-14-21-7-2-3-8-22(21)15-24/h2-10,12,16,18,24-25,29,32H,11,13-15,17H2,1H3,(H2,28,30)(H,31,33)/t18-,25+/m1/s1. The second-order valence-electron chi connectivity index (χ2n) is 8.98. The molecule has 0 unspecified atom stereocenters. The molecule has 1 heterocycles. The summed E-state index contributed by atoms with van der Waals surface area (Å²) in [5, 5.41) is 16.9. The van der Waals surface area contributed by atoms with Gasteiger partial charge in [0.05, 0.1) is 12.5 Å². The summed E-state index contributed by atoms with van der Waals surface area (Å²) in [5.74, 6) is 0.505. The number of nitrogens with one attached hydrogen (secondary N) is 2. The number of carbonyl (C=O) groups is 1. The van der Waals surface area contributed by atoms with Gasteiger partial charge in [-0.05, 0) is 54.5 Å². The number of pyridine rings is 1. The van der Waals surface area contributed by atoms with Gasteiger partial charge in [0.25, 0.3) is 0 Å². The third-order valence-electron chi connectivity index (χ3n) is 6.17. The fraction of sp³-hybridized carbons (Fsp3) is 0.333. The van der Waals surface area contributed by atoms with Gasteiger partial charge in [0.1, 0.15) is 5.82 Å². The summed E-state index contributed by atoms with van der Waals surface area (Å²) in [5.41, 5.74) is 11.2. The minimum absolute atomic E-state index is 0.0661. The Morgan fingerprint density at radius 3 is 2.52 bits per heavy atom. The minimum atomic E-state index is -0.641. The number of aliphatic hydroxyl groups excluding tert-OH is 1. The number of aliphatic hydroxyl groups is 1. The van der Waals surface area contributed by atoms with Crippen LogP contribution in [0.1, 0.15) is 40.8 Å². The van der Waals surface area contributed by atoms with Crippen molar-refractivity contribution in [1.82, 2.24) is 15.6 Å². The molecule has 33 heavy (non-hydrogen) atoms. The van der Waals surface area contributed by atoms with Crippen molar-refractivity contribution in [3.63, 3.8) is 0 Å². The van der Waals surface area contributed by atoms with Gasteiger partial charge >= 0.3 is 0 Å². The molecule has 1 amide bonds. The fourth-order valence-corrected chi connectivity index (χ4v) is 4.46. The van der Waals surface area contributed by atoms with E-state index in [0.29, 0.717) is 18.8 Å². The normalized spacial score (nSPS) is 15.1. The van der Waals surface area contributed by atoms with Crippen LogP contribution >= 0.6 is 0 Å². The number of nitrogens with zero attached hydrogens (tertiary/aromatic N) is 1. The predicted molar refractivity (Wildman–Crippen MR) is 131 cm³/mol. The Morgan fingerprint density at radius 1 is 1.09 bits per heavy atom. The Hall–Kier alpha value is -3.22. The molecule has 1 aliphatic carbocycles. The number of fused-ring (bicyclic) bond motifs is 1. The molecule has 6 nitrogen and oxygen atoms in total. The number of nitrogen functional groups attached to an aromatic ring is 1. The summed E-state index contributed by atoms with van der Waals surface area (Å²) in [7, 11) is 0. The Labute approximate surface area is 195 Å². The number of benzene rings is 2. The van der Waals surface area contributed by atoms with Crippen LogP contribution in [0.5, 0.6) is 0 Å². The van der Waals surface area contributed by atoms with E-state index < -0.39 is 6.10 Å². The first-order valence-corrected chi connectivity index (χ1v) is 11.5. The smallest absolute Gasteiger partial charge is 0.224 e. The van der Waals surface area contributed by atoms with E-state index in [0.717, 1.165) is 36.0 Å². The number of anilines is 1. The van der Waals surface area contributed by atoms with Crippen LogP contribution < -0.4 is 16.4 Å². The molecule has 6 heteroatoms. The molecule has 172 valence electrons. The topological polar surface area (TPSA) is 100 Å². The third kappa shape index (κ3) is 6.40. The van der Waals surface area contributed by atoms with Crippen LogP contribution in [-0.4, -0.2) is 34.6 Å². The van der Waals surface area contributed by atoms with Crippen molar-refractivity contribution in [2.75, 3.05) is 12.3 Å². The fourth-order valence-electron chi connectivity index (χ4n) is 4.46. The monoisotopic (exact) mass is 444 g/mol. The Bertz CT molecular complexity index is 1060. The highest BCUT2D eigenvalue weighted by atomic mass is 16.3. The molecule has 1 aliphatic rings. The van der Waals surface area contributed by atoms with Crippen LogP contribution in [-0.2, 0) is 30.5 Å². The maximum Gasteiger partial charge on any atom is 0.224 e. The Morgan fingerprint density at radius 2 is 1.82 bits per heavy atom. The lowest BCUT2D eigenvalue weighted by molar-refractivity contribution is -0.121. The van der Waals surface area contributed by atoms with Gasteiger partial charge < -0.3 is 21.5 Å².